The standard InChI is InChI=1S/C15H22N4O2/c1-10-13(11(2)18(3)17-10)4-5-14(20)19-8-6-12(7-9-19)15(16)21/h4-5,12H,6-9H2,1-3H3,(H2,16,21)/b5-4-. The van der Waals surface area contributed by atoms with Gasteiger partial charge in [-0.15, -0.1) is 0 Å². The zero-order valence-electron chi connectivity index (χ0n) is 12.8. The highest BCUT2D eigenvalue weighted by molar-refractivity contribution is 5.92. The van der Waals surface area contributed by atoms with Crippen LogP contribution < -0.4 is 5.73 Å². The average molecular weight is 290 g/mol. The van der Waals surface area contributed by atoms with Crippen LogP contribution in [0.3, 0.4) is 0 Å². The van der Waals surface area contributed by atoms with Gasteiger partial charge in [0.25, 0.3) is 0 Å². The van der Waals surface area contributed by atoms with E-state index >= 15 is 0 Å². The number of nitrogens with two attached hydrogens (primary N) is 1. The Labute approximate surface area is 124 Å². The van der Waals surface area contributed by atoms with E-state index in [1.807, 2.05) is 27.0 Å². The van der Waals surface area contributed by atoms with Gasteiger partial charge in [0.15, 0.2) is 0 Å². The lowest BCUT2D eigenvalue weighted by Crippen LogP contribution is -2.41. The van der Waals surface area contributed by atoms with Gasteiger partial charge in [0.1, 0.15) is 0 Å². The van der Waals surface area contributed by atoms with Gasteiger partial charge in [0, 0.05) is 43.4 Å². The molecule has 0 aliphatic carbocycles. The first-order valence-electron chi connectivity index (χ1n) is 7.16. The van der Waals surface area contributed by atoms with Crippen LogP contribution in [0.2, 0.25) is 0 Å². The molecule has 21 heavy (non-hydrogen) atoms. The summed E-state index contributed by atoms with van der Waals surface area (Å²) >= 11 is 0. The molecule has 1 saturated heterocycles. The van der Waals surface area contributed by atoms with Crippen LogP contribution in [0.15, 0.2) is 6.08 Å². The van der Waals surface area contributed by atoms with Gasteiger partial charge in [-0.3, -0.25) is 14.3 Å². The zero-order chi connectivity index (χ0) is 15.6. The lowest BCUT2D eigenvalue weighted by atomic mass is 9.96. The molecule has 0 saturated carbocycles. The minimum atomic E-state index is -0.265. The number of rotatable bonds is 3. The van der Waals surface area contributed by atoms with Gasteiger partial charge in [-0.25, -0.2) is 0 Å². The summed E-state index contributed by atoms with van der Waals surface area (Å²) in [6.45, 7) is 5.07. The van der Waals surface area contributed by atoms with Crippen LogP contribution in [0.4, 0.5) is 0 Å². The van der Waals surface area contributed by atoms with E-state index < -0.39 is 0 Å². The SMILES string of the molecule is Cc1nn(C)c(C)c1/C=C\C(=O)N1CCC(C(N)=O)CC1. The van der Waals surface area contributed by atoms with E-state index in [-0.39, 0.29) is 17.7 Å². The molecule has 1 aromatic rings. The topological polar surface area (TPSA) is 81.2 Å². The molecule has 6 nitrogen and oxygen atoms in total. The number of aryl methyl sites for hydroxylation is 2. The Morgan fingerprint density at radius 3 is 2.38 bits per heavy atom. The maximum atomic E-state index is 12.2. The molecule has 1 aliphatic heterocycles. The van der Waals surface area contributed by atoms with Crippen molar-refractivity contribution in [1.29, 1.82) is 0 Å². The Morgan fingerprint density at radius 2 is 1.90 bits per heavy atom. The second-order valence-electron chi connectivity index (χ2n) is 5.54. The number of carbonyl (C=O) groups excluding carboxylic acids is 2. The maximum Gasteiger partial charge on any atom is 0.246 e. The predicted octanol–water partition coefficient (Wildman–Crippen LogP) is 0.774. The first kappa shape index (κ1) is 15.3. The fraction of sp³-hybridized carbons (Fsp3) is 0.533. The van der Waals surface area contributed by atoms with Crippen LogP contribution >= 0.6 is 0 Å². The first-order chi connectivity index (χ1) is 9.90. The van der Waals surface area contributed by atoms with Crippen molar-refractivity contribution in [3.05, 3.63) is 23.0 Å². The molecule has 6 heteroatoms. The van der Waals surface area contributed by atoms with Crippen molar-refractivity contribution in [2.45, 2.75) is 26.7 Å². The van der Waals surface area contributed by atoms with Gasteiger partial charge >= 0.3 is 0 Å². The van der Waals surface area contributed by atoms with E-state index in [1.165, 1.54) is 0 Å². The van der Waals surface area contributed by atoms with Gasteiger partial charge in [-0.1, -0.05) is 0 Å². The fourth-order valence-corrected chi connectivity index (χ4v) is 2.68. The minimum Gasteiger partial charge on any atom is -0.369 e. The number of hydrogen-bond acceptors (Lipinski definition) is 3. The third-order valence-corrected chi connectivity index (χ3v) is 4.17. The lowest BCUT2D eigenvalue weighted by Gasteiger charge is -2.29. The Bertz CT molecular complexity index is 581. The monoisotopic (exact) mass is 290 g/mol. The van der Waals surface area contributed by atoms with Crippen molar-refractivity contribution in [3.8, 4) is 0 Å². The molecule has 0 bridgehead atoms. The Kier molecular flexibility index (Phi) is 4.45. The zero-order valence-corrected chi connectivity index (χ0v) is 12.8. The van der Waals surface area contributed by atoms with E-state index in [0.717, 1.165) is 17.0 Å². The smallest absolute Gasteiger partial charge is 0.246 e. The number of amides is 2. The van der Waals surface area contributed by atoms with Crippen molar-refractivity contribution in [2.75, 3.05) is 13.1 Å². The Morgan fingerprint density at radius 1 is 1.29 bits per heavy atom. The van der Waals surface area contributed by atoms with Crippen LogP contribution in [0.5, 0.6) is 0 Å². The van der Waals surface area contributed by atoms with Crippen molar-refractivity contribution in [3.63, 3.8) is 0 Å². The average Bonchev–Trinajstić information content (AvgIpc) is 2.70. The van der Waals surface area contributed by atoms with Crippen LogP contribution in [-0.2, 0) is 16.6 Å². The first-order valence-corrected chi connectivity index (χ1v) is 7.16. The lowest BCUT2D eigenvalue weighted by molar-refractivity contribution is -0.130. The highest BCUT2D eigenvalue weighted by atomic mass is 16.2. The quantitative estimate of drug-likeness (QED) is 0.835. The van der Waals surface area contributed by atoms with Crippen molar-refractivity contribution in [2.24, 2.45) is 18.7 Å². The fourth-order valence-electron chi connectivity index (χ4n) is 2.68. The van der Waals surface area contributed by atoms with Crippen molar-refractivity contribution < 1.29 is 9.59 Å². The second-order valence-corrected chi connectivity index (χ2v) is 5.54. The molecule has 2 rings (SSSR count). The molecule has 1 aromatic heterocycles. The molecular weight excluding hydrogens is 268 g/mol. The van der Waals surface area contributed by atoms with Crippen molar-refractivity contribution >= 4 is 17.9 Å². The normalized spacial score (nSPS) is 16.6. The predicted molar refractivity (Wildman–Crippen MR) is 80.2 cm³/mol. The van der Waals surface area contributed by atoms with Gasteiger partial charge < -0.3 is 10.6 Å². The molecule has 114 valence electrons. The number of nitrogens with zero attached hydrogens (tertiary/aromatic N) is 3. The highest BCUT2D eigenvalue weighted by Crippen LogP contribution is 2.18. The van der Waals surface area contributed by atoms with Gasteiger partial charge in [0.2, 0.25) is 11.8 Å². The van der Waals surface area contributed by atoms with Crippen LogP contribution in [-0.4, -0.2) is 39.6 Å². The molecule has 0 radical (unpaired) electrons. The summed E-state index contributed by atoms with van der Waals surface area (Å²) in [7, 11) is 1.89. The molecule has 0 spiro atoms. The molecule has 0 aromatic carbocycles. The summed E-state index contributed by atoms with van der Waals surface area (Å²) in [6, 6.07) is 0. The summed E-state index contributed by atoms with van der Waals surface area (Å²) in [6.07, 6.45) is 4.71. The number of aromatic nitrogens is 2. The summed E-state index contributed by atoms with van der Waals surface area (Å²) < 4.78 is 1.80. The molecule has 1 aliphatic rings. The number of likely N-dealkylation sites (tertiary alicyclic amines) is 1. The van der Waals surface area contributed by atoms with Gasteiger partial charge in [0.05, 0.1) is 5.69 Å². The summed E-state index contributed by atoms with van der Waals surface area (Å²) in [5, 5.41) is 4.32. The summed E-state index contributed by atoms with van der Waals surface area (Å²) in [5.74, 6) is -0.388. The van der Waals surface area contributed by atoms with Gasteiger partial charge in [-0.05, 0) is 32.8 Å². The van der Waals surface area contributed by atoms with E-state index in [9.17, 15) is 9.59 Å². The van der Waals surface area contributed by atoms with Gasteiger partial charge in [-0.2, -0.15) is 5.10 Å². The summed E-state index contributed by atoms with van der Waals surface area (Å²) in [5.41, 5.74) is 8.22. The third-order valence-electron chi connectivity index (χ3n) is 4.17. The van der Waals surface area contributed by atoms with Crippen LogP contribution in [0.25, 0.3) is 6.08 Å². The highest BCUT2D eigenvalue weighted by Gasteiger charge is 2.24. The Balaban J connectivity index is 1.99. The van der Waals surface area contributed by atoms with E-state index in [0.29, 0.717) is 25.9 Å². The molecular formula is C15H22N4O2. The van der Waals surface area contributed by atoms with Crippen LogP contribution in [0.1, 0.15) is 29.8 Å². The van der Waals surface area contributed by atoms with E-state index in [2.05, 4.69) is 5.10 Å². The second kappa shape index (κ2) is 6.11. The molecule has 2 amide bonds. The van der Waals surface area contributed by atoms with Crippen molar-refractivity contribution in [1.82, 2.24) is 14.7 Å². The maximum absolute atomic E-state index is 12.2. The van der Waals surface area contributed by atoms with E-state index in [1.54, 1.807) is 15.7 Å². The number of carbonyl (C=O) groups is 2. The molecule has 2 N–H and O–H groups in total. The number of primary amides is 1. The van der Waals surface area contributed by atoms with Crippen LogP contribution in [0, 0.1) is 19.8 Å². The largest absolute Gasteiger partial charge is 0.369 e. The molecule has 2 heterocycles. The third kappa shape index (κ3) is 3.32. The van der Waals surface area contributed by atoms with E-state index in [4.69, 9.17) is 5.73 Å². The number of piperidine rings is 1. The minimum absolute atomic E-state index is 0.0272. The number of hydrogen-bond donors (Lipinski definition) is 1. The molecule has 1 fully saturated rings. The molecule has 0 atom stereocenters. The Hall–Kier alpha value is -2.11. The summed E-state index contributed by atoms with van der Waals surface area (Å²) in [4.78, 5) is 25.0. The molecule has 0 unspecified atom stereocenters.